The summed E-state index contributed by atoms with van der Waals surface area (Å²) in [5.41, 5.74) is 3.33. The number of benzene rings is 1. The van der Waals surface area contributed by atoms with Crippen molar-refractivity contribution in [3.05, 3.63) is 59.4 Å². The van der Waals surface area contributed by atoms with Gasteiger partial charge in [-0.3, -0.25) is 4.98 Å². The Morgan fingerprint density at radius 3 is 2.67 bits per heavy atom. The first-order chi connectivity index (χ1) is 11.4. The first-order valence-electron chi connectivity index (χ1n) is 8.30. The zero-order valence-electron chi connectivity index (χ0n) is 14.1. The fourth-order valence-electron chi connectivity index (χ4n) is 3.06. The van der Waals surface area contributed by atoms with Crippen molar-refractivity contribution in [2.24, 2.45) is 5.92 Å². The Bertz CT molecular complexity index is 801. The molecule has 1 atom stereocenters. The maximum absolute atomic E-state index is 12.1. The number of sulfone groups is 1. The van der Waals surface area contributed by atoms with E-state index in [9.17, 15) is 8.42 Å². The predicted molar refractivity (Wildman–Crippen MR) is 94.8 cm³/mol. The van der Waals surface area contributed by atoms with Crippen LogP contribution in [0.1, 0.15) is 30.7 Å². The second-order valence-electron chi connectivity index (χ2n) is 6.69. The molecule has 0 amide bonds. The first kappa shape index (κ1) is 17.0. The van der Waals surface area contributed by atoms with Gasteiger partial charge in [0.25, 0.3) is 0 Å². The van der Waals surface area contributed by atoms with Crippen molar-refractivity contribution in [3.8, 4) is 5.75 Å². The van der Waals surface area contributed by atoms with E-state index < -0.39 is 9.84 Å². The van der Waals surface area contributed by atoms with E-state index >= 15 is 0 Å². The molecule has 0 unspecified atom stereocenters. The van der Waals surface area contributed by atoms with Crippen molar-refractivity contribution in [2.45, 2.75) is 38.5 Å². The zero-order valence-corrected chi connectivity index (χ0v) is 14.9. The fourth-order valence-corrected chi connectivity index (χ4v) is 4.33. The van der Waals surface area contributed by atoms with E-state index in [4.69, 9.17) is 4.74 Å². The SMILES string of the molecule is CC(C)S(=O)(=O)C[C@H]1Cc2ccc(OCc3ccccn3)cc2C1. The van der Waals surface area contributed by atoms with Crippen LogP contribution in [0.15, 0.2) is 42.6 Å². The van der Waals surface area contributed by atoms with E-state index in [2.05, 4.69) is 11.1 Å². The molecule has 0 bridgehead atoms. The number of rotatable bonds is 6. The molecule has 0 spiro atoms. The van der Waals surface area contributed by atoms with E-state index in [1.807, 2.05) is 30.3 Å². The summed E-state index contributed by atoms with van der Waals surface area (Å²) in [6.07, 6.45) is 3.39. The number of nitrogens with zero attached hydrogens (tertiary/aromatic N) is 1. The Morgan fingerprint density at radius 2 is 1.96 bits per heavy atom. The van der Waals surface area contributed by atoms with Gasteiger partial charge in [0.1, 0.15) is 12.4 Å². The molecular formula is C19H23NO3S. The Balaban J connectivity index is 1.64. The number of hydrogen-bond acceptors (Lipinski definition) is 4. The van der Waals surface area contributed by atoms with Gasteiger partial charge in [0.15, 0.2) is 9.84 Å². The number of aromatic nitrogens is 1. The van der Waals surface area contributed by atoms with Crippen LogP contribution in [0.2, 0.25) is 0 Å². The molecule has 24 heavy (non-hydrogen) atoms. The molecule has 0 saturated carbocycles. The third kappa shape index (κ3) is 3.96. The van der Waals surface area contributed by atoms with Crippen molar-refractivity contribution >= 4 is 9.84 Å². The van der Waals surface area contributed by atoms with Crippen molar-refractivity contribution in [2.75, 3.05) is 5.75 Å². The molecule has 5 heteroatoms. The molecule has 4 nitrogen and oxygen atoms in total. The van der Waals surface area contributed by atoms with Crippen LogP contribution < -0.4 is 4.74 Å². The largest absolute Gasteiger partial charge is 0.487 e. The lowest BCUT2D eigenvalue weighted by molar-refractivity contribution is 0.301. The lowest BCUT2D eigenvalue weighted by Gasteiger charge is -2.12. The normalized spacial score (nSPS) is 17.0. The molecule has 0 radical (unpaired) electrons. The maximum atomic E-state index is 12.1. The summed E-state index contributed by atoms with van der Waals surface area (Å²) in [6.45, 7) is 3.94. The van der Waals surface area contributed by atoms with Gasteiger partial charge in [-0.25, -0.2) is 8.42 Å². The van der Waals surface area contributed by atoms with Gasteiger partial charge in [0, 0.05) is 6.20 Å². The van der Waals surface area contributed by atoms with Crippen LogP contribution in [0.5, 0.6) is 5.75 Å². The number of hydrogen-bond donors (Lipinski definition) is 0. The van der Waals surface area contributed by atoms with Crippen molar-refractivity contribution in [1.82, 2.24) is 4.98 Å². The molecule has 1 aromatic carbocycles. The molecule has 1 aromatic heterocycles. The van der Waals surface area contributed by atoms with Gasteiger partial charge in [-0.1, -0.05) is 12.1 Å². The van der Waals surface area contributed by atoms with E-state index in [-0.39, 0.29) is 16.9 Å². The molecule has 0 fully saturated rings. The number of pyridine rings is 1. The second-order valence-corrected chi connectivity index (χ2v) is 9.29. The highest BCUT2D eigenvalue weighted by Gasteiger charge is 2.28. The summed E-state index contributed by atoms with van der Waals surface area (Å²) >= 11 is 0. The minimum atomic E-state index is -3.00. The molecule has 128 valence electrons. The Hall–Kier alpha value is -1.88. The summed E-state index contributed by atoms with van der Waals surface area (Å²) in [7, 11) is -3.00. The fraction of sp³-hybridized carbons (Fsp3) is 0.421. The van der Waals surface area contributed by atoms with Gasteiger partial charge < -0.3 is 4.74 Å². The highest BCUT2D eigenvalue weighted by molar-refractivity contribution is 7.91. The van der Waals surface area contributed by atoms with Crippen LogP contribution in [0, 0.1) is 5.92 Å². The van der Waals surface area contributed by atoms with Gasteiger partial charge in [-0.05, 0) is 68.0 Å². The summed E-state index contributed by atoms with van der Waals surface area (Å²) in [6, 6.07) is 11.8. The van der Waals surface area contributed by atoms with Crippen LogP contribution in [0.4, 0.5) is 0 Å². The van der Waals surface area contributed by atoms with E-state index in [0.717, 1.165) is 24.3 Å². The lowest BCUT2D eigenvalue weighted by atomic mass is 10.1. The van der Waals surface area contributed by atoms with Gasteiger partial charge in [-0.15, -0.1) is 0 Å². The van der Waals surface area contributed by atoms with Gasteiger partial charge in [0.2, 0.25) is 0 Å². The Morgan fingerprint density at radius 1 is 1.17 bits per heavy atom. The standard InChI is InChI=1S/C19H23NO3S/c1-14(2)24(21,22)13-15-9-16-6-7-19(11-17(16)10-15)23-12-18-5-3-4-8-20-18/h3-8,11,14-15H,9-10,12-13H2,1-2H3/t15-/m0/s1. The van der Waals surface area contributed by atoms with Gasteiger partial charge in [-0.2, -0.15) is 0 Å². The quantitative estimate of drug-likeness (QED) is 0.807. The minimum absolute atomic E-state index is 0.179. The van der Waals surface area contributed by atoms with Crippen molar-refractivity contribution in [1.29, 1.82) is 0 Å². The third-order valence-corrected chi connectivity index (χ3v) is 6.87. The number of ether oxygens (including phenoxy) is 1. The highest BCUT2D eigenvalue weighted by Crippen LogP contribution is 2.31. The topological polar surface area (TPSA) is 56.3 Å². The van der Waals surface area contributed by atoms with Gasteiger partial charge >= 0.3 is 0 Å². The van der Waals surface area contributed by atoms with Crippen LogP contribution in [-0.4, -0.2) is 24.4 Å². The molecule has 1 aliphatic rings. The smallest absolute Gasteiger partial charge is 0.152 e. The summed E-state index contributed by atoms with van der Waals surface area (Å²) in [5, 5.41) is -0.307. The Labute approximate surface area is 143 Å². The molecule has 2 aromatic rings. The van der Waals surface area contributed by atoms with Crippen molar-refractivity contribution in [3.63, 3.8) is 0 Å². The molecule has 1 heterocycles. The highest BCUT2D eigenvalue weighted by atomic mass is 32.2. The van der Waals surface area contributed by atoms with E-state index in [1.54, 1.807) is 20.0 Å². The summed E-state index contributed by atoms with van der Waals surface area (Å²) in [4.78, 5) is 4.24. The molecule has 1 aliphatic carbocycles. The second kappa shape index (κ2) is 6.93. The summed E-state index contributed by atoms with van der Waals surface area (Å²) in [5.74, 6) is 1.26. The van der Waals surface area contributed by atoms with Crippen LogP contribution in [0.3, 0.4) is 0 Å². The van der Waals surface area contributed by atoms with Crippen molar-refractivity contribution < 1.29 is 13.2 Å². The average molecular weight is 345 g/mol. The minimum Gasteiger partial charge on any atom is -0.487 e. The predicted octanol–water partition coefficient (Wildman–Crippen LogP) is 3.20. The monoisotopic (exact) mass is 345 g/mol. The molecule has 0 N–H and O–H groups in total. The Kier molecular flexibility index (Phi) is 4.90. The molecular weight excluding hydrogens is 322 g/mol. The first-order valence-corrected chi connectivity index (χ1v) is 10.0. The molecule has 0 saturated heterocycles. The summed E-state index contributed by atoms with van der Waals surface area (Å²) < 4.78 is 30.1. The average Bonchev–Trinajstić information content (AvgIpc) is 2.94. The maximum Gasteiger partial charge on any atom is 0.152 e. The van der Waals surface area contributed by atoms with Gasteiger partial charge in [0.05, 0.1) is 16.7 Å². The van der Waals surface area contributed by atoms with Crippen LogP contribution >= 0.6 is 0 Å². The third-order valence-electron chi connectivity index (χ3n) is 4.49. The van der Waals surface area contributed by atoms with Crippen LogP contribution in [-0.2, 0) is 29.3 Å². The lowest BCUT2D eigenvalue weighted by Crippen LogP contribution is -2.23. The zero-order chi connectivity index (χ0) is 17.2. The van der Waals surface area contributed by atoms with E-state index in [0.29, 0.717) is 6.61 Å². The number of fused-ring (bicyclic) bond motifs is 1. The molecule has 3 rings (SSSR count). The van der Waals surface area contributed by atoms with E-state index in [1.165, 1.54) is 11.1 Å². The molecule has 0 aliphatic heterocycles. The van der Waals surface area contributed by atoms with Crippen LogP contribution in [0.25, 0.3) is 0 Å².